The summed E-state index contributed by atoms with van der Waals surface area (Å²) in [6, 6.07) is 0. The molecule has 0 aromatic heterocycles. The summed E-state index contributed by atoms with van der Waals surface area (Å²) in [6.45, 7) is 1.15. The highest BCUT2D eigenvalue weighted by Gasteiger charge is 1.99. The van der Waals surface area contributed by atoms with Gasteiger partial charge in [0.25, 0.3) is 0 Å². The Balaban J connectivity index is 4.20. The highest BCUT2D eigenvalue weighted by atomic mass is 32.2. The zero-order valence-corrected chi connectivity index (χ0v) is 8.02. The number of rotatable bonds is 4. The van der Waals surface area contributed by atoms with Gasteiger partial charge in [-0.15, -0.1) is 23.5 Å². The Bertz CT molecular complexity index is 96.9. The van der Waals surface area contributed by atoms with E-state index in [1.165, 1.54) is 4.24 Å². The molecule has 0 amide bonds. The van der Waals surface area contributed by atoms with Gasteiger partial charge in [0.05, 0.1) is 0 Å². The van der Waals surface area contributed by atoms with Gasteiger partial charge in [0.2, 0.25) is 0 Å². The lowest BCUT2D eigenvalue weighted by Crippen LogP contribution is -2.13. The average Bonchev–Trinajstić information content (AvgIpc) is 2.00. The quantitative estimate of drug-likeness (QED) is 0.670. The van der Waals surface area contributed by atoms with Crippen LogP contribution in [0, 0.1) is 0 Å². The third-order valence-corrected chi connectivity index (χ3v) is 3.47. The van der Waals surface area contributed by atoms with Crippen molar-refractivity contribution in [3.63, 3.8) is 0 Å². The summed E-state index contributed by atoms with van der Waals surface area (Å²) < 4.78 is 1.25. The van der Waals surface area contributed by atoms with Gasteiger partial charge in [-0.2, -0.15) is 0 Å². The monoisotopic (exact) mass is 178 g/mol. The van der Waals surface area contributed by atoms with Crippen LogP contribution in [0.15, 0.2) is 9.81 Å². The van der Waals surface area contributed by atoms with E-state index >= 15 is 0 Å². The van der Waals surface area contributed by atoms with Crippen LogP contribution in [-0.4, -0.2) is 25.6 Å². The minimum Gasteiger partial charge on any atom is -0.327 e. The zero-order valence-electron chi connectivity index (χ0n) is 6.39. The SMILES string of the molecule is CSC(SC)=C(CN)CN. The van der Waals surface area contributed by atoms with E-state index in [9.17, 15) is 0 Å². The maximum atomic E-state index is 5.47. The van der Waals surface area contributed by atoms with E-state index < -0.39 is 0 Å². The molecule has 0 aliphatic heterocycles. The molecule has 0 aromatic carbocycles. The van der Waals surface area contributed by atoms with Crippen molar-refractivity contribution in [2.45, 2.75) is 0 Å². The fourth-order valence-corrected chi connectivity index (χ4v) is 2.20. The second-order valence-corrected chi connectivity index (χ2v) is 3.60. The summed E-state index contributed by atoms with van der Waals surface area (Å²) in [7, 11) is 0. The summed E-state index contributed by atoms with van der Waals surface area (Å²) >= 11 is 3.42. The van der Waals surface area contributed by atoms with Crippen molar-refractivity contribution in [1.82, 2.24) is 0 Å². The van der Waals surface area contributed by atoms with E-state index in [-0.39, 0.29) is 0 Å². The molecule has 0 bridgehead atoms. The maximum Gasteiger partial charge on any atom is 0.0413 e. The van der Waals surface area contributed by atoms with Crippen LogP contribution in [0.5, 0.6) is 0 Å². The first-order valence-electron chi connectivity index (χ1n) is 3.00. The predicted octanol–water partition coefficient (Wildman–Crippen LogP) is 0.841. The molecule has 2 nitrogen and oxygen atoms in total. The molecule has 0 saturated heterocycles. The van der Waals surface area contributed by atoms with Gasteiger partial charge in [0.1, 0.15) is 0 Å². The maximum absolute atomic E-state index is 5.47. The van der Waals surface area contributed by atoms with E-state index in [0.717, 1.165) is 5.57 Å². The highest BCUT2D eigenvalue weighted by molar-refractivity contribution is 8.21. The van der Waals surface area contributed by atoms with Crippen molar-refractivity contribution >= 4 is 23.5 Å². The first kappa shape index (κ1) is 10.4. The Hall–Kier alpha value is 0.360. The van der Waals surface area contributed by atoms with Gasteiger partial charge in [-0.3, -0.25) is 0 Å². The number of hydrogen-bond donors (Lipinski definition) is 2. The van der Waals surface area contributed by atoms with Crippen LogP contribution in [0.4, 0.5) is 0 Å². The largest absolute Gasteiger partial charge is 0.327 e. The molecule has 4 N–H and O–H groups in total. The molecule has 0 aliphatic rings. The molecule has 0 spiro atoms. The molecule has 0 aliphatic carbocycles. The minimum atomic E-state index is 0.577. The fourth-order valence-electron chi connectivity index (χ4n) is 0.622. The van der Waals surface area contributed by atoms with Crippen molar-refractivity contribution in [2.75, 3.05) is 25.6 Å². The normalized spacial score (nSPS) is 9.60. The molecule has 0 fully saturated rings. The van der Waals surface area contributed by atoms with Gasteiger partial charge < -0.3 is 11.5 Å². The number of thioether (sulfide) groups is 2. The molecule has 0 radical (unpaired) electrons. The molecule has 0 unspecified atom stereocenters. The second kappa shape index (κ2) is 6.09. The van der Waals surface area contributed by atoms with E-state index in [1.54, 1.807) is 23.5 Å². The van der Waals surface area contributed by atoms with E-state index in [0.29, 0.717) is 13.1 Å². The summed E-state index contributed by atoms with van der Waals surface area (Å²) in [5.74, 6) is 0. The van der Waals surface area contributed by atoms with Crippen LogP contribution in [0.25, 0.3) is 0 Å². The fraction of sp³-hybridized carbons (Fsp3) is 0.667. The Morgan fingerprint density at radius 3 is 1.60 bits per heavy atom. The Morgan fingerprint density at radius 1 is 1.10 bits per heavy atom. The molecule has 0 saturated carbocycles. The summed E-state index contributed by atoms with van der Waals surface area (Å²) in [5.41, 5.74) is 12.1. The second-order valence-electron chi connectivity index (χ2n) is 1.71. The predicted molar refractivity (Wildman–Crippen MR) is 52.2 cm³/mol. The van der Waals surface area contributed by atoms with Crippen LogP contribution in [0.3, 0.4) is 0 Å². The molecular weight excluding hydrogens is 164 g/mol. The highest BCUT2D eigenvalue weighted by Crippen LogP contribution is 2.26. The molecule has 10 heavy (non-hydrogen) atoms. The van der Waals surface area contributed by atoms with Crippen molar-refractivity contribution in [3.05, 3.63) is 9.81 Å². The van der Waals surface area contributed by atoms with Crippen molar-refractivity contribution in [2.24, 2.45) is 11.5 Å². The third-order valence-electron chi connectivity index (χ3n) is 1.15. The van der Waals surface area contributed by atoms with Crippen molar-refractivity contribution < 1.29 is 0 Å². The molecule has 0 rings (SSSR count). The minimum absolute atomic E-state index is 0.577. The van der Waals surface area contributed by atoms with Gasteiger partial charge in [-0.25, -0.2) is 0 Å². The van der Waals surface area contributed by atoms with Crippen LogP contribution in [0.1, 0.15) is 0 Å². The molecule has 4 heteroatoms. The number of nitrogens with two attached hydrogens (primary N) is 2. The third kappa shape index (κ3) is 2.96. The van der Waals surface area contributed by atoms with Gasteiger partial charge in [0.15, 0.2) is 0 Å². The van der Waals surface area contributed by atoms with E-state index in [4.69, 9.17) is 11.5 Å². The Labute approximate surface area is 70.8 Å². The standard InChI is InChI=1S/C6H14N2S2/c1-9-6(10-2)5(3-7)4-8/h3-4,7-8H2,1-2H3. The smallest absolute Gasteiger partial charge is 0.0413 e. The van der Waals surface area contributed by atoms with Crippen LogP contribution in [0.2, 0.25) is 0 Å². The lowest BCUT2D eigenvalue weighted by molar-refractivity contribution is 1.04. The summed E-state index contributed by atoms with van der Waals surface area (Å²) in [6.07, 6.45) is 4.08. The molecule has 60 valence electrons. The van der Waals surface area contributed by atoms with Crippen molar-refractivity contribution in [1.29, 1.82) is 0 Å². The lowest BCUT2D eigenvalue weighted by atomic mass is 10.3. The van der Waals surface area contributed by atoms with Crippen LogP contribution in [-0.2, 0) is 0 Å². The van der Waals surface area contributed by atoms with Gasteiger partial charge >= 0.3 is 0 Å². The average molecular weight is 178 g/mol. The lowest BCUT2D eigenvalue weighted by Gasteiger charge is -2.06. The van der Waals surface area contributed by atoms with Gasteiger partial charge in [-0.1, -0.05) is 0 Å². The van der Waals surface area contributed by atoms with Crippen molar-refractivity contribution in [3.8, 4) is 0 Å². The molecule has 0 atom stereocenters. The molecule has 0 aromatic rings. The Kier molecular flexibility index (Phi) is 6.31. The molecule has 0 heterocycles. The zero-order chi connectivity index (χ0) is 7.98. The van der Waals surface area contributed by atoms with E-state index in [1.807, 2.05) is 12.5 Å². The topological polar surface area (TPSA) is 52.0 Å². The van der Waals surface area contributed by atoms with Gasteiger partial charge in [0, 0.05) is 17.3 Å². The Morgan fingerprint density at radius 2 is 1.50 bits per heavy atom. The summed E-state index contributed by atoms with van der Waals surface area (Å²) in [4.78, 5) is 0. The van der Waals surface area contributed by atoms with E-state index in [2.05, 4.69) is 0 Å². The summed E-state index contributed by atoms with van der Waals surface area (Å²) in [5, 5.41) is 0. The first-order valence-corrected chi connectivity index (χ1v) is 5.45. The van der Waals surface area contributed by atoms with Crippen LogP contribution < -0.4 is 11.5 Å². The molecular formula is C6H14N2S2. The first-order chi connectivity index (χ1) is 4.79. The van der Waals surface area contributed by atoms with Crippen LogP contribution >= 0.6 is 23.5 Å². The van der Waals surface area contributed by atoms with Gasteiger partial charge in [-0.05, 0) is 18.1 Å². The number of hydrogen-bond acceptors (Lipinski definition) is 4.